The van der Waals surface area contributed by atoms with Crippen LogP contribution in [0.5, 0.6) is 0 Å². The third kappa shape index (κ3) is 3.40. The minimum atomic E-state index is -3.55. The summed E-state index contributed by atoms with van der Waals surface area (Å²) in [6.45, 7) is 0. The molecular formula is C13H10F2N2O3S. The maximum Gasteiger partial charge on any atom is 0.258 e. The maximum absolute atomic E-state index is 13.6. The number of pyridine rings is 1. The van der Waals surface area contributed by atoms with E-state index in [9.17, 15) is 22.0 Å². The molecular weight excluding hydrogens is 302 g/mol. The molecule has 0 aliphatic heterocycles. The van der Waals surface area contributed by atoms with Crippen molar-refractivity contribution < 1.29 is 22.0 Å². The van der Waals surface area contributed by atoms with Crippen molar-refractivity contribution in [1.82, 2.24) is 4.98 Å². The number of amides is 1. The highest BCUT2D eigenvalue weighted by molar-refractivity contribution is 7.90. The van der Waals surface area contributed by atoms with Gasteiger partial charge in [-0.25, -0.2) is 17.2 Å². The number of hydrogen-bond acceptors (Lipinski definition) is 4. The van der Waals surface area contributed by atoms with E-state index in [-0.39, 0.29) is 16.1 Å². The van der Waals surface area contributed by atoms with Gasteiger partial charge in [0.25, 0.3) is 5.91 Å². The number of nitrogens with one attached hydrogen (secondary N) is 1. The number of aromatic nitrogens is 1. The topological polar surface area (TPSA) is 76.1 Å². The molecule has 0 radical (unpaired) electrons. The molecule has 8 heteroatoms. The van der Waals surface area contributed by atoms with Crippen LogP contribution in [0.25, 0.3) is 0 Å². The summed E-state index contributed by atoms with van der Waals surface area (Å²) >= 11 is 0. The van der Waals surface area contributed by atoms with Gasteiger partial charge in [0.15, 0.2) is 15.7 Å². The smallest absolute Gasteiger partial charge is 0.258 e. The van der Waals surface area contributed by atoms with Gasteiger partial charge in [-0.05, 0) is 24.3 Å². The van der Waals surface area contributed by atoms with Gasteiger partial charge in [0, 0.05) is 12.5 Å². The molecule has 2 rings (SSSR count). The summed E-state index contributed by atoms with van der Waals surface area (Å²) < 4.78 is 49.8. The molecule has 1 aromatic carbocycles. The fraction of sp³-hybridized carbons (Fsp3) is 0.0769. The van der Waals surface area contributed by atoms with Crippen molar-refractivity contribution in [3.8, 4) is 0 Å². The number of benzene rings is 1. The Morgan fingerprint density at radius 2 is 1.90 bits per heavy atom. The van der Waals surface area contributed by atoms with E-state index in [2.05, 4.69) is 10.3 Å². The summed E-state index contributed by atoms with van der Waals surface area (Å²) in [5.74, 6) is -2.60. The van der Waals surface area contributed by atoms with Crippen molar-refractivity contribution in [2.24, 2.45) is 0 Å². The minimum absolute atomic E-state index is 0.158. The molecule has 1 amide bonds. The molecule has 0 unspecified atom stereocenters. The average Bonchev–Trinajstić information content (AvgIpc) is 2.40. The fourth-order valence-electron chi connectivity index (χ4n) is 1.58. The van der Waals surface area contributed by atoms with Crippen molar-refractivity contribution in [3.63, 3.8) is 0 Å². The van der Waals surface area contributed by atoms with Crippen LogP contribution in [0.15, 0.2) is 41.6 Å². The lowest BCUT2D eigenvalue weighted by molar-refractivity contribution is 0.102. The zero-order valence-electron chi connectivity index (χ0n) is 10.8. The number of rotatable bonds is 3. The molecule has 21 heavy (non-hydrogen) atoms. The zero-order chi connectivity index (χ0) is 15.6. The number of anilines is 1. The van der Waals surface area contributed by atoms with E-state index >= 15 is 0 Å². The number of hydrogen-bond donors (Lipinski definition) is 1. The lowest BCUT2D eigenvalue weighted by atomic mass is 10.2. The van der Waals surface area contributed by atoms with Crippen LogP contribution in [0.4, 0.5) is 14.5 Å². The third-order valence-electron chi connectivity index (χ3n) is 2.63. The van der Waals surface area contributed by atoms with E-state index in [0.29, 0.717) is 0 Å². The van der Waals surface area contributed by atoms with E-state index in [1.807, 2.05) is 0 Å². The molecule has 110 valence electrons. The molecule has 0 saturated heterocycles. The summed E-state index contributed by atoms with van der Waals surface area (Å²) in [5, 5.41) is 2.13. The second-order valence-electron chi connectivity index (χ2n) is 4.22. The lowest BCUT2D eigenvalue weighted by Crippen LogP contribution is -2.15. The normalized spacial score (nSPS) is 11.2. The highest BCUT2D eigenvalue weighted by atomic mass is 32.2. The predicted molar refractivity (Wildman–Crippen MR) is 71.7 cm³/mol. The molecule has 0 saturated carbocycles. The Hall–Kier alpha value is -2.35. The van der Waals surface area contributed by atoms with Gasteiger partial charge in [0.1, 0.15) is 5.82 Å². The first kappa shape index (κ1) is 15.0. The zero-order valence-corrected chi connectivity index (χ0v) is 11.6. The Balaban J connectivity index is 2.36. The van der Waals surface area contributed by atoms with Crippen LogP contribution in [0.2, 0.25) is 0 Å². The number of carbonyl (C=O) groups is 1. The molecule has 0 aliphatic carbocycles. The minimum Gasteiger partial charge on any atom is -0.319 e. The molecule has 1 heterocycles. The summed E-state index contributed by atoms with van der Waals surface area (Å²) in [7, 11) is -3.55. The van der Waals surface area contributed by atoms with E-state index in [4.69, 9.17) is 0 Å². The van der Waals surface area contributed by atoms with Gasteiger partial charge in [-0.2, -0.15) is 0 Å². The van der Waals surface area contributed by atoms with E-state index in [0.717, 1.165) is 36.7 Å². The molecule has 0 aliphatic rings. The van der Waals surface area contributed by atoms with Gasteiger partial charge in [-0.1, -0.05) is 0 Å². The maximum atomic E-state index is 13.6. The molecule has 0 fully saturated rings. The van der Waals surface area contributed by atoms with Crippen molar-refractivity contribution in [2.45, 2.75) is 4.90 Å². The number of sulfone groups is 1. The average molecular weight is 312 g/mol. The van der Waals surface area contributed by atoms with Crippen molar-refractivity contribution in [1.29, 1.82) is 0 Å². The lowest BCUT2D eigenvalue weighted by Gasteiger charge is -2.08. The Kier molecular flexibility index (Phi) is 3.99. The van der Waals surface area contributed by atoms with Crippen LogP contribution in [0.3, 0.4) is 0 Å². The van der Waals surface area contributed by atoms with Gasteiger partial charge in [-0.15, -0.1) is 0 Å². The Labute approximate surface area is 119 Å². The SMILES string of the molecule is CS(=O)(=O)c1ccc(F)c(NC(=O)c2ccncc2F)c1. The van der Waals surface area contributed by atoms with Crippen LogP contribution in [0, 0.1) is 11.6 Å². The second kappa shape index (κ2) is 5.57. The van der Waals surface area contributed by atoms with Crippen LogP contribution < -0.4 is 5.32 Å². The number of nitrogens with zero attached hydrogens (tertiary/aromatic N) is 1. The van der Waals surface area contributed by atoms with Gasteiger partial charge < -0.3 is 5.32 Å². The van der Waals surface area contributed by atoms with E-state index in [1.54, 1.807) is 0 Å². The van der Waals surface area contributed by atoms with Gasteiger partial charge >= 0.3 is 0 Å². The first-order valence-electron chi connectivity index (χ1n) is 5.69. The molecule has 1 N–H and O–H groups in total. The second-order valence-corrected chi connectivity index (χ2v) is 6.24. The largest absolute Gasteiger partial charge is 0.319 e. The molecule has 0 spiro atoms. The highest BCUT2D eigenvalue weighted by Gasteiger charge is 2.16. The molecule has 1 aromatic heterocycles. The Morgan fingerprint density at radius 1 is 1.19 bits per heavy atom. The molecule has 5 nitrogen and oxygen atoms in total. The highest BCUT2D eigenvalue weighted by Crippen LogP contribution is 2.20. The van der Waals surface area contributed by atoms with Gasteiger partial charge in [-0.3, -0.25) is 9.78 Å². The van der Waals surface area contributed by atoms with Crippen LogP contribution in [-0.4, -0.2) is 25.6 Å². The third-order valence-corrected chi connectivity index (χ3v) is 3.74. The van der Waals surface area contributed by atoms with Crippen LogP contribution >= 0.6 is 0 Å². The molecule has 0 bridgehead atoms. The monoisotopic (exact) mass is 312 g/mol. The molecule has 0 atom stereocenters. The standard InChI is InChI=1S/C13H10F2N2O3S/c1-21(19,20)8-2-3-10(14)12(6-8)17-13(18)9-4-5-16-7-11(9)15/h2-7H,1H3,(H,17,18). The quantitative estimate of drug-likeness (QED) is 0.880. The predicted octanol–water partition coefficient (Wildman–Crippen LogP) is 2.02. The summed E-state index contributed by atoms with van der Waals surface area (Å²) in [5.41, 5.74) is -0.673. The van der Waals surface area contributed by atoms with Crippen molar-refractivity contribution in [3.05, 3.63) is 53.9 Å². The van der Waals surface area contributed by atoms with Crippen LogP contribution in [0.1, 0.15) is 10.4 Å². The van der Waals surface area contributed by atoms with E-state index in [1.165, 1.54) is 6.20 Å². The number of carbonyl (C=O) groups excluding carboxylic acids is 1. The van der Waals surface area contributed by atoms with Gasteiger partial charge in [0.2, 0.25) is 0 Å². The Bertz CT molecular complexity index is 807. The summed E-state index contributed by atoms with van der Waals surface area (Å²) in [6.07, 6.45) is 3.01. The summed E-state index contributed by atoms with van der Waals surface area (Å²) in [6, 6.07) is 4.09. The van der Waals surface area contributed by atoms with Crippen LogP contribution in [-0.2, 0) is 9.84 Å². The summed E-state index contributed by atoms with van der Waals surface area (Å²) in [4.78, 5) is 15.2. The van der Waals surface area contributed by atoms with Gasteiger partial charge in [0.05, 0.1) is 22.3 Å². The fourth-order valence-corrected chi connectivity index (χ4v) is 2.23. The van der Waals surface area contributed by atoms with Crippen molar-refractivity contribution in [2.75, 3.05) is 11.6 Å². The first-order valence-corrected chi connectivity index (χ1v) is 7.58. The number of halogens is 2. The Morgan fingerprint density at radius 3 is 2.52 bits per heavy atom. The first-order chi connectivity index (χ1) is 9.79. The van der Waals surface area contributed by atoms with Crippen molar-refractivity contribution >= 4 is 21.4 Å². The molecule has 2 aromatic rings. The van der Waals surface area contributed by atoms with E-state index < -0.39 is 27.4 Å².